The first kappa shape index (κ1) is 9.04. The van der Waals surface area contributed by atoms with Gasteiger partial charge in [0, 0.05) is 10.4 Å². The zero-order valence-electron chi connectivity index (χ0n) is 5.80. The Morgan fingerprint density at radius 3 is 2.64 bits per heavy atom. The van der Waals surface area contributed by atoms with Crippen molar-refractivity contribution in [2.24, 2.45) is 0 Å². The van der Waals surface area contributed by atoms with Crippen molar-refractivity contribution in [1.29, 1.82) is 0 Å². The van der Waals surface area contributed by atoms with Gasteiger partial charge in [0.1, 0.15) is 0 Å². The highest BCUT2D eigenvalue weighted by molar-refractivity contribution is 9.09. The van der Waals surface area contributed by atoms with Crippen LogP contribution >= 0.6 is 27.5 Å². The molecule has 1 N–H and O–H groups in total. The third-order valence-electron chi connectivity index (χ3n) is 1.41. The molecule has 0 heterocycles. The molecule has 11 heavy (non-hydrogen) atoms. The lowest BCUT2D eigenvalue weighted by atomic mass is 10.1. The Bertz CT molecular complexity index is 239. The lowest BCUT2D eigenvalue weighted by molar-refractivity contribution is 0.205. The third-order valence-corrected chi connectivity index (χ3v) is 2.37. The van der Waals surface area contributed by atoms with Crippen molar-refractivity contribution in [3.63, 3.8) is 0 Å². The van der Waals surface area contributed by atoms with Crippen LogP contribution in [0.15, 0.2) is 24.3 Å². The first-order chi connectivity index (χ1) is 5.25. The fourth-order valence-corrected chi connectivity index (χ4v) is 1.44. The summed E-state index contributed by atoms with van der Waals surface area (Å²) in [6.07, 6.45) is -0.510. The van der Waals surface area contributed by atoms with Crippen molar-refractivity contribution in [3.05, 3.63) is 34.9 Å². The van der Waals surface area contributed by atoms with Crippen molar-refractivity contribution in [3.8, 4) is 0 Å². The first-order valence-electron chi connectivity index (χ1n) is 3.24. The molecular weight excluding hydrogens is 227 g/mol. The summed E-state index contributed by atoms with van der Waals surface area (Å²) < 4.78 is 0. The van der Waals surface area contributed by atoms with Gasteiger partial charge in [-0.2, -0.15) is 0 Å². The summed E-state index contributed by atoms with van der Waals surface area (Å²) in [5.74, 6) is 0. The Morgan fingerprint density at radius 2 is 2.09 bits per heavy atom. The molecule has 0 fully saturated rings. The molecule has 0 aliphatic rings. The lowest BCUT2D eigenvalue weighted by Gasteiger charge is -2.07. The van der Waals surface area contributed by atoms with E-state index in [-0.39, 0.29) is 0 Å². The van der Waals surface area contributed by atoms with Crippen molar-refractivity contribution < 1.29 is 5.11 Å². The molecule has 60 valence electrons. The van der Waals surface area contributed by atoms with Crippen LogP contribution in [-0.2, 0) is 0 Å². The number of hydrogen-bond donors (Lipinski definition) is 1. The molecule has 0 amide bonds. The van der Waals surface area contributed by atoms with Crippen LogP contribution in [-0.4, -0.2) is 10.4 Å². The monoisotopic (exact) mass is 234 g/mol. The van der Waals surface area contributed by atoms with Gasteiger partial charge < -0.3 is 5.11 Å². The van der Waals surface area contributed by atoms with E-state index >= 15 is 0 Å². The molecule has 0 saturated heterocycles. The third kappa shape index (κ3) is 2.19. The standard InChI is InChI=1S/C8H8BrClO/c9-5-8(11)6-3-1-2-4-7(6)10/h1-4,8,11H,5H2. The number of aliphatic hydroxyl groups excluding tert-OH is 1. The predicted octanol–water partition coefficient (Wildman–Crippen LogP) is 2.77. The van der Waals surface area contributed by atoms with Crippen LogP contribution in [0.4, 0.5) is 0 Å². The van der Waals surface area contributed by atoms with Gasteiger partial charge in [-0.3, -0.25) is 0 Å². The minimum absolute atomic E-state index is 0.510. The first-order valence-corrected chi connectivity index (χ1v) is 4.74. The Balaban J connectivity index is 2.93. The second-order valence-electron chi connectivity index (χ2n) is 2.19. The predicted molar refractivity (Wildman–Crippen MR) is 50.2 cm³/mol. The zero-order valence-corrected chi connectivity index (χ0v) is 8.14. The van der Waals surface area contributed by atoms with Crippen molar-refractivity contribution in [1.82, 2.24) is 0 Å². The number of benzene rings is 1. The molecule has 1 aromatic rings. The van der Waals surface area contributed by atoms with E-state index in [0.29, 0.717) is 10.4 Å². The topological polar surface area (TPSA) is 20.2 Å². The van der Waals surface area contributed by atoms with E-state index in [0.717, 1.165) is 5.56 Å². The summed E-state index contributed by atoms with van der Waals surface area (Å²) in [4.78, 5) is 0. The molecule has 3 heteroatoms. The van der Waals surface area contributed by atoms with Gasteiger partial charge in [-0.15, -0.1) is 0 Å². The maximum atomic E-state index is 9.38. The second kappa shape index (κ2) is 4.10. The van der Waals surface area contributed by atoms with Crippen molar-refractivity contribution in [2.45, 2.75) is 6.10 Å². The van der Waals surface area contributed by atoms with Gasteiger partial charge in [0.2, 0.25) is 0 Å². The number of rotatable bonds is 2. The zero-order chi connectivity index (χ0) is 8.27. The molecule has 0 aromatic heterocycles. The van der Waals surface area contributed by atoms with E-state index in [1.807, 2.05) is 18.2 Å². The fourth-order valence-electron chi connectivity index (χ4n) is 0.828. The van der Waals surface area contributed by atoms with E-state index in [1.54, 1.807) is 6.07 Å². The van der Waals surface area contributed by atoms with E-state index in [4.69, 9.17) is 11.6 Å². The Morgan fingerprint density at radius 1 is 1.45 bits per heavy atom. The smallest absolute Gasteiger partial charge is 0.0901 e. The van der Waals surface area contributed by atoms with Crippen LogP contribution in [0.5, 0.6) is 0 Å². The van der Waals surface area contributed by atoms with Crippen LogP contribution in [0.25, 0.3) is 0 Å². The Hall–Kier alpha value is -0.0500. The molecule has 0 saturated carbocycles. The average molecular weight is 236 g/mol. The molecule has 0 bridgehead atoms. The second-order valence-corrected chi connectivity index (χ2v) is 3.25. The summed E-state index contributed by atoms with van der Waals surface area (Å²) >= 11 is 8.99. The summed E-state index contributed by atoms with van der Waals surface area (Å²) in [6.45, 7) is 0. The Labute approximate surface area is 79.1 Å². The molecule has 1 aromatic carbocycles. The van der Waals surface area contributed by atoms with Gasteiger partial charge in [-0.05, 0) is 11.6 Å². The average Bonchev–Trinajstić information content (AvgIpc) is 2.04. The highest BCUT2D eigenvalue weighted by Crippen LogP contribution is 2.23. The van der Waals surface area contributed by atoms with Gasteiger partial charge in [0.05, 0.1) is 6.10 Å². The van der Waals surface area contributed by atoms with Gasteiger partial charge >= 0.3 is 0 Å². The fraction of sp³-hybridized carbons (Fsp3) is 0.250. The maximum Gasteiger partial charge on any atom is 0.0901 e. The number of hydrogen-bond acceptors (Lipinski definition) is 1. The van der Waals surface area contributed by atoms with Gasteiger partial charge in [-0.25, -0.2) is 0 Å². The van der Waals surface area contributed by atoms with Gasteiger partial charge in [0.25, 0.3) is 0 Å². The minimum atomic E-state index is -0.510. The van der Waals surface area contributed by atoms with Crippen LogP contribution in [0.3, 0.4) is 0 Å². The van der Waals surface area contributed by atoms with E-state index < -0.39 is 6.10 Å². The molecule has 1 unspecified atom stereocenters. The molecule has 0 radical (unpaired) electrons. The summed E-state index contributed by atoms with van der Waals surface area (Å²) in [6, 6.07) is 7.27. The Kier molecular flexibility index (Phi) is 3.37. The summed E-state index contributed by atoms with van der Waals surface area (Å²) in [5, 5.41) is 10.5. The van der Waals surface area contributed by atoms with E-state index in [2.05, 4.69) is 15.9 Å². The number of halogens is 2. The minimum Gasteiger partial charge on any atom is -0.387 e. The highest BCUT2D eigenvalue weighted by atomic mass is 79.9. The summed E-state index contributed by atoms with van der Waals surface area (Å²) in [5.41, 5.74) is 0.769. The van der Waals surface area contributed by atoms with Crippen molar-refractivity contribution in [2.75, 3.05) is 5.33 Å². The number of alkyl halides is 1. The molecule has 1 nitrogen and oxygen atoms in total. The molecule has 0 spiro atoms. The molecule has 0 aliphatic carbocycles. The van der Waals surface area contributed by atoms with Crippen molar-refractivity contribution >= 4 is 27.5 Å². The van der Waals surface area contributed by atoms with E-state index in [1.165, 1.54) is 0 Å². The number of aliphatic hydroxyl groups is 1. The molecular formula is C8H8BrClO. The largest absolute Gasteiger partial charge is 0.387 e. The SMILES string of the molecule is OC(CBr)c1ccccc1Cl. The molecule has 1 rings (SSSR count). The normalized spacial score (nSPS) is 13.0. The maximum absolute atomic E-state index is 9.38. The van der Waals surface area contributed by atoms with Crippen LogP contribution in [0, 0.1) is 0 Å². The van der Waals surface area contributed by atoms with E-state index in [9.17, 15) is 5.11 Å². The van der Waals surface area contributed by atoms with Gasteiger partial charge in [0.15, 0.2) is 0 Å². The van der Waals surface area contributed by atoms with Crippen LogP contribution < -0.4 is 0 Å². The highest BCUT2D eigenvalue weighted by Gasteiger charge is 2.07. The van der Waals surface area contributed by atoms with Gasteiger partial charge in [-0.1, -0.05) is 45.7 Å². The summed E-state index contributed by atoms with van der Waals surface area (Å²) in [7, 11) is 0. The molecule has 1 atom stereocenters. The quantitative estimate of drug-likeness (QED) is 0.782. The van der Waals surface area contributed by atoms with Crippen LogP contribution in [0.2, 0.25) is 5.02 Å². The lowest BCUT2D eigenvalue weighted by Crippen LogP contribution is -1.98. The van der Waals surface area contributed by atoms with Crippen LogP contribution in [0.1, 0.15) is 11.7 Å². The molecule has 0 aliphatic heterocycles.